The zero-order valence-electron chi connectivity index (χ0n) is 6.26. The molecule has 11 heavy (non-hydrogen) atoms. The summed E-state index contributed by atoms with van der Waals surface area (Å²) in [5, 5.41) is 0. The van der Waals surface area contributed by atoms with E-state index < -0.39 is 0 Å². The molecule has 3 heteroatoms. The summed E-state index contributed by atoms with van der Waals surface area (Å²) in [4.78, 5) is 11.0. The number of rotatable bonds is 1. The maximum Gasteiger partial charge on any atom is 0.335 e. The van der Waals surface area contributed by atoms with Gasteiger partial charge in [0.15, 0.2) is 0 Å². The minimum Gasteiger partial charge on any atom is -0.461 e. The van der Waals surface area contributed by atoms with E-state index in [1.54, 1.807) is 6.08 Å². The molecular weight excluding hydrogens is 208 g/mol. The summed E-state index contributed by atoms with van der Waals surface area (Å²) in [5.74, 6) is -0.175. The van der Waals surface area contributed by atoms with Gasteiger partial charge in [-0.05, 0) is 6.92 Å². The Labute approximate surface area is 74.1 Å². The van der Waals surface area contributed by atoms with Crippen LogP contribution in [0.4, 0.5) is 0 Å². The molecule has 1 aliphatic rings. The van der Waals surface area contributed by atoms with Crippen molar-refractivity contribution in [3.63, 3.8) is 0 Å². The van der Waals surface area contributed by atoms with E-state index in [1.807, 2.05) is 6.92 Å². The van der Waals surface area contributed by atoms with E-state index in [9.17, 15) is 4.79 Å². The molecule has 1 rings (SSSR count). The van der Waals surface area contributed by atoms with Crippen molar-refractivity contribution in [3.8, 4) is 0 Å². The molecule has 1 unspecified atom stereocenters. The first-order valence-electron chi connectivity index (χ1n) is 3.32. The van der Waals surface area contributed by atoms with Gasteiger partial charge >= 0.3 is 5.97 Å². The molecule has 0 saturated carbocycles. The van der Waals surface area contributed by atoms with Gasteiger partial charge in [0, 0.05) is 10.4 Å². The number of carbonyl (C=O) groups is 1. The fraction of sp³-hybridized carbons (Fsp3) is 0.375. The molecule has 1 aliphatic heterocycles. The van der Waals surface area contributed by atoms with Crippen molar-refractivity contribution < 1.29 is 9.53 Å². The zero-order chi connectivity index (χ0) is 8.43. The van der Waals surface area contributed by atoms with Crippen LogP contribution in [-0.4, -0.2) is 12.6 Å². The SMILES string of the molecule is C=CC1COC(=O)/C1=C(\C)Br. The van der Waals surface area contributed by atoms with E-state index in [1.165, 1.54) is 0 Å². The van der Waals surface area contributed by atoms with E-state index in [0.29, 0.717) is 12.2 Å². The molecule has 0 aromatic rings. The van der Waals surface area contributed by atoms with Crippen molar-refractivity contribution in [1.29, 1.82) is 0 Å². The van der Waals surface area contributed by atoms with E-state index in [0.717, 1.165) is 4.48 Å². The van der Waals surface area contributed by atoms with Gasteiger partial charge < -0.3 is 4.74 Å². The Bertz CT molecular complexity index is 226. The van der Waals surface area contributed by atoms with Crippen molar-refractivity contribution in [2.24, 2.45) is 5.92 Å². The van der Waals surface area contributed by atoms with Crippen molar-refractivity contribution in [1.82, 2.24) is 0 Å². The van der Waals surface area contributed by atoms with E-state index >= 15 is 0 Å². The Morgan fingerprint density at radius 1 is 1.91 bits per heavy atom. The minimum atomic E-state index is -0.232. The monoisotopic (exact) mass is 216 g/mol. The number of allylic oxidation sites excluding steroid dienone is 1. The molecule has 1 atom stereocenters. The maximum absolute atomic E-state index is 11.0. The Hall–Kier alpha value is -0.570. The highest BCUT2D eigenvalue weighted by Crippen LogP contribution is 2.27. The molecular formula is C8H9BrO2. The van der Waals surface area contributed by atoms with Crippen LogP contribution in [0.25, 0.3) is 0 Å². The average Bonchev–Trinajstić information content (AvgIpc) is 2.30. The van der Waals surface area contributed by atoms with Crippen LogP contribution < -0.4 is 0 Å². The second-order valence-electron chi connectivity index (χ2n) is 2.39. The van der Waals surface area contributed by atoms with Crippen LogP contribution in [0.1, 0.15) is 6.92 Å². The number of halogens is 1. The summed E-state index contributed by atoms with van der Waals surface area (Å²) in [6, 6.07) is 0. The highest BCUT2D eigenvalue weighted by atomic mass is 79.9. The van der Waals surface area contributed by atoms with Crippen molar-refractivity contribution in [3.05, 3.63) is 22.7 Å². The largest absolute Gasteiger partial charge is 0.461 e. The lowest BCUT2D eigenvalue weighted by atomic mass is 10.0. The second kappa shape index (κ2) is 3.22. The van der Waals surface area contributed by atoms with E-state index in [-0.39, 0.29) is 11.9 Å². The first-order chi connectivity index (χ1) is 5.16. The van der Waals surface area contributed by atoms with Crippen LogP contribution in [-0.2, 0) is 9.53 Å². The highest BCUT2D eigenvalue weighted by molar-refractivity contribution is 9.11. The van der Waals surface area contributed by atoms with Gasteiger partial charge in [-0.15, -0.1) is 6.58 Å². The standard InChI is InChI=1S/C8H9BrO2/c1-3-6-4-11-8(10)7(6)5(2)9/h3,6H,1,4H2,2H3/b7-5+. The topological polar surface area (TPSA) is 26.3 Å². The van der Waals surface area contributed by atoms with Crippen LogP contribution in [0, 0.1) is 5.92 Å². The van der Waals surface area contributed by atoms with Crippen molar-refractivity contribution in [2.75, 3.05) is 6.61 Å². The number of hydrogen-bond acceptors (Lipinski definition) is 2. The first kappa shape index (κ1) is 8.53. The molecule has 0 radical (unpaired) electrons. The van der Waals surface area contributed by atoms with Crippen LogP contribution in [0.5, 0.6) is 0 Å². The lowest BCUT2D eigenvalue weighted by Crippen LogP contribution is -2.00. The van der Waals surface area contributed by atoms with Gasteiger partial charge in [-0.3, -0.25) is 0 Å². The van der Waals surface area contributed by atoms with Crippen molar-refractivity contribution in [2.45, 2.75) is 6.92 Å². The molecule has 2 nitrogen and oxygen atoms in total. The summed E-state index contributed by atoms with van der Waals surface area (Å²) in [7, 11) is 0. The van der Waals surface area contributed by atoms with Gasteiger partial charge in [0.2, 0.25) is 0 Å². The highest BCUT2D eigenvalue weighted by Gasteiger charge is 2.29. The fourth-order valence-electron chi connectivity index (χ4n) is 1.06. The van der Waals surface area contributed by atoms with E-state index in [4.69, 9.17) is 4.74 Å². The third-order valence-corrected chi connectivity index (χ3v) is 2.07. The normalized spacial score (nSPS) is 28.2. The Balaban J connectivity index is 2.98. The van der Waals surface area contributed by atoms with Gasteiger partial charge in [-0.1, -0.05) is 22.0 Å². The number of esters is 1. The lowest BCUT2D eigenvalue weighted by molar-refractivity contribution is -0.135. The molecule has 1 saturated heterocycles. The van der Waals surface area contributed by atoms with Crippen LogP contribution >= 0.6 is 15.9 Å². The third-order valence-electron chi connectivity index (χ3n) is 1.64. The molecule has 0 amide bonds. The molecule has 1 fully saturated rings. The van der Waals surface area contributed by atoms with Gasteiger partial charge in [0.05, 0.1) is 5.57 Å². The maximum atomic E-state index is 11.0. The molecule has 60 valence electrons. The predicted molar refractivity (Wildman–Crippen MR) is 46.3 cm³/mol. The smallest absolute Gasteiger partial charge is 0.335 e. The quantitative estimate of drug-likeness (QED) is 0.381. The van der Waals surface area contributed by atoms with E-state index in [2.05, 4.69) is 22.5 Å². The van der Waals surface area contributed by atoms with Crippen LogP contribution in [0.3, 0.4) is 0 Å². The lowest BCUT2D eigenvalue weighted by Gasteiger charge is -1.99. The number of hydrogen-bond donors (Lipinski definition) is 0. The molecule has 0 aromatic carbocycles. The van der Waals surface area contributed by atoms with Crippen molar-refractivity contribution >= 4 is 21.9 Å². The van der Waals surface area contributed by atoms with Crippen LogP contribution in [0.15, 0.2) is 22.7 Å². The molecule has 0 N–H and O–H groups in total. The number of ether oxygens (including phenoxy) is 1. The zero-order valence-corrected chi connectivity index (χ0v) is 7.85. The van der Waals surface area contributed by atoms with Crippen LogP contribution in [0.2, 0.25) is 0 Å². The third kappa shape index (κ3) is 1.53. The van der Waals surface area contributed by atoms with Gasteiger partial charge in [-0.2, -0.15) is 0 Å². The predicted octanol–water partition coefficient (Wildman–Crippen LogP) is 2.01. The number of cyclic esters (lactones) is 1. The Morgan fingerprint density at radius 3 is 2.91 bits per heavy atom. The summed E-state index contributed by atoms with van der Waals surface area (Å²) < 4.78 is 5.67. The average molecular weight is 217 g/mol. The molecule has 0 spiro atoms. The number of carbonyl (C=O) groups excluding carboxylic acids is 1. The van der Waals surface area contributed by atoms with Gasteiger partial charge in [-0.25, -0.2) is 4.79 Å². The summed E-state index contributed by atoms with van der Waals surface area (Å²) in [6.07, 6.45) is 1.73. The molecule has 1 heterocycles. The Morgan fingerprint density at radius 2 is 2.55 bits per heavy atom. The minimum absolute atomic E-state index is 0.0573. The second-order valence-corrected chi connectivity index (χ2v) is 3.58. The molecule has 0 aromatic heterocycles. The molecule has 0 aliphatic carbocycles. The van der Waals surface area contributed by atoms with Gasteiger partial charge in [0.25, 0.3) is 0 Å². The first-order valence-corrected chi connectivity index (χ1v) is 4.12. The summed E-state index contributed by atoms with van der Waals surface area (Å²) in [5.41, 5.74) is 0.694. The Kier molecular flexibility index (Phi) is 2.49. The van der Waals surface area contributed by atoms with Gasteiger partial charge in [0.1, 0.15) is 6.61 Å². The summed E-state index contributed by atoms with van der Waals surface area (Å²) >= 11 is 3.25. The fourth-order valence-corrected chi connectivity index (χ4v) is 1.52. The summed E-state index contributed by atoms with van der Waals surface area (Å²) in [6.45, 7) is 5.89. The molecule has 0 bridgehead atoms.